The van der Waals surface area contributed by atoms with E-state index < -0.39 is 0 Å². The first-order valence-corrected chi connectivity index (χ1v) is 9.28. The van der Waals surface area contributed by atoms with Gasteiger partial charge in [0.25, 0.3) is 0 Å². The van der Waals surface area contributed by atoms with Crippen LogP contribution < -0.4 is 11.1 Å². The zero-order valence-electron chi connectivity index (χ0n) is 14.1. The SMILES string of the molecule is Cl.Nc1ccc(CCNC(=O)C2(c3cccc(Br)c3)CCCC2)cc1. The van der Waals surface area contributed by atoms with E-state index in [2.05, 4.69) is 33.4 Å². The van der Waals surface area contributed by atoms with Gasteiger partial charge in [0.1, 0.15) is 0 Å². The molecule has 0 aromatic heterocycles. The van der Waals surface area contributed by atoms with E-state index in [9.17, 15) is 4.79 Å². The summed E-state index contributed by atoms with van der Waals surface area (Å²) in [6.07, 6.45) is 4.89. The summed E-state index contributed by atoms with van der Waals surface area (Å²) in [5.41, 5.74) is 8.41. The fourth-order valence-corrected chi connectivity index (χ4v) is 3.98. The lowest BCUT2D eigenvalue weighted by molar-refractivity contribution is -0.126. The van der Waals surface area contributed by atoms with Crippen molar-refractivity contribution in [3.05, 3.63) is 64.1 Å². The number of carbonyl (C=O) groups excluding carboxylic acids is 1. The van der Waals surface area contributed by atoms with Gasteiger partial charge in [0.05, 0.1) is 5.41 Å². The van der Waals surface area contributed by atoms with Crippen molar-refractivity contribution in [1.82, 2.24) is 5.32 Å². The van der Waals surface area contributed by atoms with Crippen LogP contribution >= 0.6 is 28.3 Å². The standard InChI is InChI=1S/C20H23BrN2O.ClH/c21-17-5-3-4-16(14-17)20(11-1-2-12-20)19(24)23-13-10-15-6-8-18(22)9-7-15;/h3-9,14H,1-2,10-13,22H2,(H,23,24);1H. The highest BCUT2D eigenvalue weighted by molar-refractivity contribution is 9.10. The van der Waals surface area contributed by atoms with Gasteiger partial charge in [0.15, 0.2) is 0 Å². The maximum Gasteiger partial charge on any atom is 0.230 e. The van der Waals surface area contributed by atoms with Crippen LogP contribution in [-0.4, -0.2) is 12.5 Å². The number of amides is 1. The first-order valence-electron chi connectivity index (χ1n) is 8.49. The molecular weight excluding hydrogens is 400 g/mol. The molecule has 0 atom stereocenters. The van der Waals surface area contributed by atoms with Crippen LogP contribution in [0.1, 0.15) is 36.8 Å². The van der Waals surface area contributed by atoms with Crippen LogP contribution in [0.3, 0.4) is 0 Å². The lowest BCUT2D eigenvalue weighted by Crippen LogP contribution is -2.43. The highest BCUT2D eigenvalue weighted by Crippen LogP contribution is 2.42. The maximum atomic E-state index is 13.0. The van der Waals surface area contributed by atoms with Gasteiger partial charge in [-0.1, -0.05) is 53.0 Å². The van der Waals surface area contributed by atoms with E-state index in [4.69, 9.17) is 5.73 Å². The number of hydrogen-bond acceptors (Lipinski definition) is 2. The minimum absolute atomic E-state index is 0. The van der Waals surface area contributed by atoms with E-state index >= 15 is 0 Å². The first kappa shape index (κ1) is 19.8. The van der Waals surface area contributed by atoms with Crippen molar-refractivity contribution in [3.63, 3.8) is 0 Å². The third kappa shape index (κ3) is 4.56. The Morgan fingerprint density at radius 3 is 2.44 bits per heavy atom. The molecular formula is C20H24BrClN2O. The molecule has 1 amide bonds. The molecule has 0 spiro atoms. The van der Waals surface area contributed by atoms with E-state index in [1.54, 1.807) is 0 Å². The van der Waals surface area contributed by atoms with Crippen LogP contribution in [0.15, 0.2) is 53.0 Å². The fourth-order valence-electron chi connectivity index (χ4n) is 3.59. The van der Waals surface area contributed by atoms with Crippen LogP contribution in [0.4, 0.5) is 5.69 Å². The highest BCUT2D eigenvalue weighted by atomic mass is 79.9. The Bertz CT molecular complexity index is 712. The Kier molecular flexibility index (Phi) is 6.91. The smallest absolute Gasteiger partial charge is 0.230 e. The van der Waals surface area contributed by atoms with Crippen molar-refractivity contribution in [2.45, 2.75) is 37.5 Å². The average molecular weight is 424 g/mol. The van der Waals surface area contributed by atoms with Crippen molar-refractivity contribution in [3.8, 4) is 0 Å². The van der Waals surface area contributed by atoms with Gasteiger partial charge in [-0.3, -0.25) is 4.79 Å². The van der Waals surface area contributed by atoms with Gasteiger partial charge in [-0.25, -0.2) is 0 Å². The molecule has 3 nitrogen and oxygen atoms in total. The number of benzene rings is 2. The summed E-state index contributed by atoms with van der Waals surface area (Å²) in [5.74, 6) is 0.161. The molecule has 0 unspecified atom stereocenters. The van der Waals surface area contributed by atoms with Crippen molar-refractivity contribution in [2.75, 3.05) is 12.3 Å². The molecule has 0 radical (unpaired) electrons. The van der Waals surface area contributed by atoms with E-state index in [1.807, 2.05) is 36.4 Å². The van der Waals surface area contributed by atoms with Crippen LogP contribution in [0.25, 0.3) is 0 Å². The summed E-state index contributed by atoms with van der Waals surface area (Å²) in [4.78, 5) is 13.0. The van der Waals surface area contributed by atoms with Gasteiger partial charge >= 0.3 is 0 Å². The third-order valence-electron chi connectivity index (χ3n) is 4.95. The molecule has 5 heteroatoms. The number of nitrogen functional groups attached to an aromatic ring is 1. The molecule has 3 rings (SSSR count). The van der Waals surface area contributed by atoms with Gasteiger partial charge in [0, 0.05) is 16.7 Å². The van der Waals surface area contributed by atoms with Gasteiger partial charge in [-0.15, -0.1) is 12.4 Å². The molecule has 1 aliphatic rings. The van der Waals surface area contributed by atoms with Crippen molar-refractivity contribution in [1.29, 1.82) is 0 Å². The van der Waals surface area contributed by atoms with E-state index in [0.717, 1.165) is 47.8 Å². The van der Waals surface area contributed by atoms with Crippen molar-refractivity contribution in [2.24, 2.45) is 0 Å². The minimum atomic E-state index is -0.370. The van der Waals surface area contributed by atoms with Gasteiger partial charge in [-0.2, -0.15) is 0 Å². The van der Waals surface area contributed by atoms with Gasteiger partial charge in [-0.05, 0) is 54.7 Å². The van der Waals surface area contributed by atoms with Crippen LogP contribution in [0, 0.1) is 0 Å². The largest absolute Gasteiger partial charge is 0.399 e. The van der Waals surface area contributed by atoms with Gasteiger partial charge in [0.2, 0.25) is 5.91 Å². The van der Waals surface area contributed by atoms with Crippen molar-refractivity contribution >= 4 is 39.9 Å². The molecule has 1 aliphatic carbocycles. The predicted molar refractivity (Wildman–Crippen MR) is 109 cm³/mol. The van der Waals surface area contributed by atoms with Crippen LogP contribution in [-0.2, 0) is 16.6 Å². The van der Waals surface area contributed by atoms with Crippen LogP contribution in [0.2, 0.25) is 0 Å². The predicted octanol–water partition coefficient (Wildman–Crippen LogP) is 4.62. The summed E-state index contributed by atoms with van der Waals surface area (Å²) in [6, 6.07) is 16.0. The average Bonchev–Trinajstić information content (AvgIpc) is 3.08. The molecule has 3 N–H and O–H groups in total. The molecule has 1 saturated carbocycles. The molecule has 0 aliphatic heterocycles. The summed E-state index contributed by atoms with van der Waals surface area (Å²) in [5, 5.41) is 3.16. The second-order valence-electron chi connectivity index (χ2n) is 6.55. The van der Waals surface area contributed by atoms with E-state index in [0.29, 0.717) is 6.54 Å². The lowest BCUT2D eigenvalue weighted by Gasteiger charge is -2.28. The summed E-state index contributed by atoms with van der Waals surface area (Å²) < 4.78 is 1.03. The molecule has 2 aromatic carbocycles. The first-order chi connectivity index (χ1) is 11.6. The molecule has 0 heterocycles. The Morgan fingerprint density at radius 1 is 1.12 bits per heavy atom. The number of nitrogens with two attached hydrogens (primary N) is 1. The lowest BCUT2D eigenvalue weighted by atomic mass is 9.78. The minimum Gasteiger partial charge on any atom is -0.399 e. The number of nitrogens with one attached hydrogen (secondary N) is 1. The van der Waals surface area contributed by atoms with Gasteiger partial charge < -0.3 is 11.1 Å². The Balaban J connectivity index is 0.00000225. The quantitative estimate of drug-likeness (QED) is 0.689. The number of anilines is 1. The summed E-state index contributed by atoms with van der Waals surface area (Å²) in [7, 11) is 0. The molecule has 2 aromatic rings. The zero-order valence-corrected chi connectivity index (χ0v) is 16.5. The van der Waals surface area contributed by atoms with Crippen molar-refractivity contribution < 1.29 is 4.79 Å². The number of halogens is 2. The molecule has 0 saturated heterocycles. The Labute approximate surface area is 163 Å². The Hall–Kier alpha value is -1.52. The molecule has 0 bridgehead atoms. The number of hydrogen-bond donors (Lipinski definition) is 2. The Morgan fingerprint density at radius 2 is 1.80 bits per heavy atom. The van der Waals surface area contributed by atoms with Crippen LogP contribution in [0.5, 0.6) is 0 Å². The second-order valence-corrected chi connectivity index (χ2v) is 7.46. The normalized spacial score (nSPS) is 15.4. The monoisotopic (exact) mass is 422 g/mol. The zero-order chi connectivity index (χ0) is 17.0. The molecule has 1 fully saturated rings. The molecule has 134 valence electrons. The molecule has 25 heavy (non-hydrogen) atoms. The highest BCUT2D eigenvalue weighted by Gasteiger charge is 2.42. The second kappa shape index (κ2) is 8.72. The van der Waals surface area contributed by atoms with E-state index in [-0.39, 0.29) is 23.7 Å². The topological polar surface area (TPSA) is 55.1 Å². The summed E-state index contributed by atoms with van der Waals surface area (Å²) in [6.45, 7) is 0.651. The maximum absolute atomic E-state index is 13.0. The summed E-state index contributed by atoms with van der Waals surface area (Å²) >= 11 is 3.53. The third-order valence-corrected chi connectivity index (χ3v) is 5.44. The number of carbonyl (C=O) groups is 1. The number of rotatable bonds is 5. The van der Waals surface area contributed by atoms with E-state index in [1.165, 1.54) is 5.56 Å². The fraction of sp³-hybridized carbons (Fsp3) is 0.350.